The largest absolute Gasteiger partial charge is 0.344 e. The first-order valence-corrected chi connectivity index (χ1v) is 22.3. The lowest BCUT2D eigenvalue weighted by molar-refractivity contribution is -0.646. The minimum Gasteiger partial charge on any atom is -0.344 e. The van der Waals surface area contributed by atoms with Gasteiger partial charge in [-0.2, -0.15) is 4.57 Å². The van der Waals surface area contributed by atoms with Gasteiger partial charge in [0.2, 0.25) is 16.7 Å². The Hall–Kier alpha value is -8.48. The Morgan fingerprint density at radius 1 is 0.636 bits per heavy atom. The van der Waals surface area contributed by atoms with Crippen LogP contribution in [-0.2, 0) is 20.6 Å². The second-order valence-corrected chi connectivity index (χ2v) is 16.6. The van der Waals surface area contributed by atoms with Crippen LogP contribution in [0.5, 0.6) is 0 Å². The average Bonchev–Trinajstić information content (AvgIpc) is 3.37. The molecule has 66 heavy (non-hydrogen) atoms. The zero-order valence-electron chi connectivity index (χ0n) is 37.4. The highest BCUT2D eigenvalue weighted by Gasteiger charge is 2.18. The van der Waals surface area contributed by atoms with Crippen LogP contribution in [0.25, 0.3) is 56.8 Å². The van der Waals surface area contributed by atoms with Crippen LogP contribution in [0.2, 0.25) is 0 Å². The van der Waals surface area contributed by atoms with Crippen molar-refractivity contribution in [1.82, 2.24) is 9.97 Å². The third-order valence-corrected chi connectivity index (χ3v) is 12.5. The molecule has 2 aliphatic rings. The van der Waals surface area contributed by atoms with Gasteiger partial charge in [0.1, 0.15) is 14.1 Å². The van der Waals surface area contributed by atoms with Crippen LogP contribution in [0.3, 0.4) is 0 Å². The third-order valence-electron chi connectivity index (χ3n) is 12.5. The summed E-state index contributed by atoms with van der Waals surface area (Å²) in [5, 5.41) is 2.41. The molecular formula is C60H50N6+2. The van der Waals surface area contributed by atoms with Crippen molar-refractivity contribution >= 4 is 68.1 Å². The summed E-state index contributed by atoms with van der Waals surface area (Å²) in [4.78, 5) is 13.5. The Labute approximate surface area is 387 Å². The van der Waals surface area contributed by atoms with Gasteiger partial charge in [-0.15, -0.1) is 0 Å². The van der Waals surface area contributed by atoms with Gasteiger partial charge in [0.15, 0.2) is 6.20 Å². The number of fused-ring (bicyclic) bond motifs is 4. The van der Waals surface area contributed by atoms with Crippen LogP contribution in [0.1, 0.15) is 39.1 Å². The molecule has 0 bridgehead atoms. The minimum atomic E-state index is 0.745. The number of benzene rings is 4. The van der Waals surface area contributed by atoms with Gasteiger partial charge in [-0.05, 0) is 111 Å². The van der Waals surface area contributed by atoms with Crippen LogP contribution in [0, 0.1) is 0 Å². The monoisotopic (exact) mass is 854 g/mol. The summed E-state index contributed by atoms with van der Waals surface area (Å²) in [6, 6.07) is 47.3. The zero-order valence-corrected chi connectivity index (χ0v) is 37.4. The summed E-state index contributed by atoms with van der Waals surface area (Å²) in [7, 11) is 6.34. The number of hydrogen-bond donors (Lipinski definition) is 0. The molecule has 4 aromatic carbocycles. The molecule has 2 aliphatic heterocycles. The van der Waals surface area contributed by atoms with Gasteiger partial charge in [-0.3, -0.25) is 9.97 Å². The van der Waals surface area contributed by atoms with Crippen LogP contribution < -0.4 is 18.9 Å². The molecule has 0 radical (unpaired) electrons. The Kier molecular flexibility index (Phi) is 11.8. The molecule has 0 aliphatic carbocycles. The van der Waals surface area contributed by atoms with Crippen molar-refractivity contribution in [2.24, 2.45) is 14.1 Å². The maximum absolute atomic E-state index is 4.45. The number of aromatic nitrogens is 4. The predicted molar refractivity (Wildman–Crippen MR) is 274 cm³/mol. The summed E-state index contributed by atoms with van der Waals surface area (Å²) in [6.45, 7) is 0.745. The summed E-state index contributed by atoms with van der Waals surface area (Å²) in [6.07, 6.45) is 36.0. The molecule has 10 rings (SSSR count). The van der Waals surface area contributed by atoms with Gasteiger partial charge in [-0.1, -0.05) is 103 Å². The topological polar surface area (TPSA) is 40.0 Å². The number of aryl methyl sites for hydroxylation is 2. The molecule has 318 valence electrons. The van der Waals surface area contributed by atoms with E-state index in [1.165, 1.54) is 55.4 Å². The molecule has 0 unspecified atom stereocenters. The van der Waals surface area contributed by atoms with Gasteiger partial charge < -0.3 is 9.80 Å². The van der Waals surface area contributed by atoms with Crippen molar-refractivity contribution in [3.63, 3.8) is 0 Å². The summed E-state index contributed by atoms with van der Waals surface area (Å²) >= 11 is 0. The summed E-state index contributed by atoms with van der Waals surface area (Å²) < 4.78 is 4.42. The van der Waals surface area contributed by atoms with Crippen molar-refractivity contribution < 1.29 is 9.13 Å². The van der Waals surface area contributed by atoms with E-state index in [-0.39, 0.29) is 0 Å². The quantitative estimate of drug-likeness (QED) is 0.101. The van der Waals surface area contributed by atoms with Crippen molar-refractivity contribution in [3.8, 4) is 0 Å². The third kappa shape index (κ3) is 8.73. The van der Waals surface area contributed by atoms with Crippen molar-refractivity contribution in [3.05, 3.63) is 264 Å². The van der Waals surface area contributed by atoms with Crippen LogP contribution in [0.15, 0.2) is 225 Å². The van der Waals surface area contributed by atoms with E-state index in [9.17, 15) is 0 Å². The van der Waals surface area contributed by atoms with E-state index in [0.717, 1.165) is 45.8 Å². The number of nitrogens with zero attached hydrogens (tertiary/aromatic N) is 6. The molecule has 0 saturated carbocycles. The SMILES string of the molecule is CN1/C(=C/C=C(/C=C/c2ccc3cc(CN4C=C/C(=C/C=C(/C=C/c5cc[n+](C)c6ccccc56)c5cccnc5)c5ccccc54)ccc3[n+]2C)c2cccnc2)C=Cc2ccccc21. The first kappa shape index (κ1) is 41.5. The molecule has 6 nitrogen and oxygen atoms in total. The highest BCUT2D eigenvalue weighted by molar-refractivity contribution is 5.91. The van der Waals surface area contributed by atoms with Crippen LogP contribution >= 0.6 is 0 Å². The lowest BCUT2D eigenvalue weighted by Crippen LogP contribution is -2.32. The van der Waals surface area contributed by atoms with Crippen molar-refractivity contribution in [2.45, 2.75) is 6.54 Å². The standard InChI is InChI=1S/C60H50N6/c1-63-38-34-47(55-15-5-8-18-59(55)63)23-21-45(51-13-10-36-61-41-51)22-24-48-35-39-66(60-19-9-6-16-56(48)60)43-44-20-33-58-50(40-44)28-32-54(65(58)3)30-26-46(52-14-11-37-62-42-52)25-29-53-31-27-49-12-4-7-17-57(49)64(53)2/h4-42H,43H2,1-3H3/q+2. The van der Waals surface area contributed by atoms with E-state index in [2.05, 4.69) is 251 Å². The van der Waals surface area contributed by atoms with E-state index in [1.807, 2.05) is 36.9 Å². The van der Waals surface area contributed by atoms with E-state index in [1.54, 1.807) is 0 Å². The molecule has 4 aromatic heterocycles. The molecule has 6 heteroatoms. The Bertz CT molecular complexity index is 3370. The van der Waals surface area contributed by atoms with Crippen molar-refractivity contribution in [2.75, 3.05) is 16.8 Å². The van der Waals surface area contributed by atoms with E-state index >= 15 is 0 Å². The highest BCUT2D eigenvalue weighted by atomic mass is 15.1. The van der Waals surface area contributed by atoms with Gasteiger partial charge >= 0.3 is 0 Å². The number of anilines is 2. The number of para-hydroxylation sites is 3. The molecule has 0 fully saturated rings. The Morgan fingerprint density at radius 2 is 1.36 bits per heavy atom. The lowest BCUT2D eigenvalue weighted by Gasteiger charge is -2.28. The Balaban J connectivity index is 0.897. The Morgan fingerprint density at radius 3 is 2.17 bits per heavy atom. The van der Waals surface area contributed by atoms with Crippen LogP contribution in [0.4, 0.5) is 11.4 Å². The van der Waals surface area contributed by atoms with E-state index in [4.69, 9.17) is 0 Å². The van der Waals surface area contributed by atoms with Gasteiger partial charge in [0.05, 0.1) is 5.39 Å². The summed E-state index contributed by atoms with van der Waals surface area (Å²) in [5.74, 6) is 0. The smallest absolute Gasteiger partial charge is 0.212 e. The molecule has 0 N–H and O–H groups in total. The van der Waals surface area contributed by atoms with Gasteiger partial charge in [-0.25, -0.2) is 4.57 Å². The maximum atomic E-state index is 4.45. The van der Waals surface area contributed by atoms with Crippen LogP contribution in [-0.4, -0.2) is 17.0 Å². The molecular weight excluding hydrogens is 805 g/mol. The fraction of sp³-hybridized carbons (Fsp3) is 0.0667. The van der Waals surface area contributed by atoms with E-state index < -0.39 is 0 Å². The van der Waals surface area contributed by atoms with E-state index in [0.29, 0.717) is 0 Å². The molecule has 0 amide bonds. The number of rotatable bonds is 10. The molecule has 8 aromatic rings. The average molecular weight is 855 g/mol. The number of pyridine rings is 4. The normalized spacial score (nSPS) is 15.2. The van der Waals surface area contributed by atoms with Crippen molar-refractivity contribution in [1.29, 1.82) is 0 Å². The second-order valence-electron chi connectivity index (χ2n) is 16.6. The predicted octanol–water partition coefficient (Wildman–Crippen LogP) is 12.3. The van der Waals surface area contributed by atoms with Gasteiger partial charge in [0.25, 0.3) is 0 Å². The molecule has 0 saturated heterocycles. The molecule has 0 atom stereocenters. The molecule has 0 spiro atoms. The maximum Gasteiger partial charge on any atom is 0.212 e. The molecule has 6 heterocycles. The minimum absolute atomic E-state index is 0.745. The fourth-order valence-corrected chi connectivity index (χ4v) is 8.86. The first-order valence-electron chi connectivity index (χ1n) is 22.3. The first-order chi connectivity index (χ1) is 32.5. The summed E-state index contributed by atoms with van der Waals surface area (Å²) in [5.41, 5.74) is 17.2. The highest BCUT2D eigenvalue weighted by Crippen LogP contribution is 2.35. The lowest BCUT2D eigenvalue weighted by atomic mass is 9.97. The fourth-order valence-electron chi connectivity index (χ4n) is 8.86. The number of likely N-dealkylation sites (N-methyl/N-ethyl adjacent to an activating group) is 1. The number of hydrogen-bond acceptors (Lipinski definition) is 4. The zero-order chi connectivity index (χ0) is 44.8. The second kappa shape index (κ2) is 18.7. The van der Waals surface area contributed by atoms with Gasteiger partial charge in [0, 0.05) is 103 Å². The number of allylic oxidation sites excluding steroid dienone is 11.